The molecule has 0 radical (unpaired) electrons. The summed E-state index contributed by atoms with van der Waals surface area (Å²) in [7, 11) is 0. The highest BCUT2D eigenvalue weighted by atomic mass is 35.5. The van der Waals surface area contributed by atoms with Crippen molar-refractivity contribution >= 4 is 18.3 Å². The van der Waals surface area contributed by atoms with Crippen LogP contribution in [0.4, 0.5) is 8.78 Å². The number of aryl methyl sites for hydroxylation is 1. The Labute approximate surface area is 146 Å². The van der Waals surface area contributed by atoms with Crippen LogP contribution in [0, 0.1) is 5.92 Å². The summed E-state index contributed by atoms with van der Waals surface area (Å²) in [6.07, 6.45) is 5.08. The highest BCUT2D eigenvalue weighted by Gasteiger charge is 2.30. The fourth-order valence-electron chi connectivity index (χ4n) is 3.66. The number of hydrogen-bond acceptors (Lipinski definition) is 3. The van der Waals surface area contributed by atoms with Gasteiger partial charge in [-0.2, -0.15) is 8.78 Å². The summed E-state index contributed by atoms with van der Waals surface area (Å²) < 4.78 is 29.1. The number of carbonyl (C=O) groups excluding carboxylic acids is 1. The van der Waals surface area contributed by atoms with E-state index in [-0.39, 0.29) is 42.1 Å². The fraction of sp³-hybridized carbons (Fsp3) is 0.588. The lowest BCUT2D eigenvalue weighted by molar-refractivity contribution is -0.125. The number of fused-ring (bicyclic) bond motifs is 1. The Morgan fingerprint density at radius 2 is 2.08 bits per heavy atom. The van der Waals surface area contributed by atoms with Crippen LogP contribution in [-0.2, 0) is 11.2 Å². The molecule has 1 saturated carbocycles. The minimum absolute atomic E-state index is 0. The average molecular weight is 361 g/mol. The van der Waals surface area contributed by atoms with Crippen LogP contribution in [0.5, 0.6) is 5.75 Å². The molecule has 0 aliphatic heterocycles. The third-order valence-corrected chi connectivity index (χ3v) is 4.81. The van der Waals surface area contributed by atoms with Gasteiger partial charge in [-0.05, 0) is 61.8 Å². The zero-order valence-electron chi connectivity index (χ0n) is 13.3. The largest absolute Gasteiger partial charge is 0.435 e. The van der Waals surface area contributed by atoms with Gasteiger partial charge in [-0.25, -0.2) is 0 Å². The molecule has 134 valence electrons. The molecule has 3 unspecified atom stereocenters. The first-order valence-corrected chi connectivity index (χ1v) is 8.16. The molecule has 0 bridgehead atoms. The molecule has 2 aliphatic carbocycles. The van der Waals surface area contributed by atoms with E-state index >= 15 is 0 Å². The Morgan fingerprint density at radius 1 is 1.29 bits per heavy atom. The molecular formula is C17H23ClF2N2O2. The summed E-state index contributed by atoms with van der Waals surface area (Å²) in [4.78, 5) is 12.4. The lowest BCUT2D eigenvalue weighted by Gasteiger charge is -2.28. The SMILES string of the molecule is Cl.NC1CCC(C(=O)NC2CCCc3cc(OC(F)F)ccc32)C1. The molecule has 3 rings (SSSR count). The molecule has 3 N–H and O–H groups in total. The van der Waals surface area contributed by atoms with Crippen LogP contribution in [0.2, 0.25) is 0 Å². The monoisotopic (exact) mass is 360 g/mol. The number of hydrogen-bond donors (Lipinski definition) is 2. The van der Waals surface area contributed by atoms with Crippen molar-refractivity contribution in [3.63, 3.8) is 0 Å². The van der Waals surface area contributed by atoms with Gasteiger partial charge in [0.25, 0.3) is 0 Å². The van der Waals surface area contributed by atoms with E-state index in [1.54, 1.807) is 18.2 Å². The van der Waals surface area contributed by atoms with Gasteiger partial charge in [0.1, 0.15) is 5.75 Å². The molecule has 1 aromatic carbocycles. The molecule has 4 nitrogen and oxygen atoms in total. The molecule has 0 aromatic heterocycles. The number of ether oxygens (including phenoxy) is 1. The summed E-state index contributed by atoms with van der Waals surface area (Å²) in [5.74, 6) is 0.230. The molecule has 2 aliphatic rings. The van der Waals surface area contributed by atoms with Crippen LogP contribution in [-0.4, -0.2) is 18.6 Å². The highest BCUT2D eigenvalue weighted by molar-refractivity contribution is 5.85. The lowest BCUT2D eigenvalue weighted by atomic mass is 9.87. The van der Waals surface area contributed by atoms with Gasteiger partial charge >= 0.3 is 6.61 Å². The Balaban J connectivity index is 0.00000208. The first-order chi connectivity index (χ1) is 11.0. The maximum absolute atomic E-state index is 12.4. The van der Waals surface area contributed by atoms with Gasteiger partial charge in [0.05, 0.1) is 6.04 Å². The minimum Gasteiger partial charge on any atom is -0.435 e. The van der Waals surface area contributed by atoms with Gasteiger partial charge in [0.15, 0.2) is 0 Å². The van der Waals surface area contributed by atoms with E-state index in [1.807, 2.05) is 0 Å². The molecule has 0 saturated heterocycles. The van der Waals surface area contributed by atoms with Crippen LogP contribution >= 0.6 is 12.4 Å². The Morgan fingerprint density at radius 3 is 2.75 bits per heavy atom. The van der Waals surface area contributed by atoms with Gasteiger partial charge in [0.2, 0.25) is 5.91 Å². The fourth-order valence-corrected chi connectivity index (χ4v) is 3.66. The van der Waals surface area contributed by atoms with Crippen molar-refractivity contribution in [2.24, 2.45) is 11.7 Å². The van der Waals surface area contributed by atoms with Gasteiger partial charge in [-0.15, -0.1) is 12.4 Å². The third kappa shape index (κ3) is 4.36. The van der Waals surface area contributed by atoms with E-state index in [0.29, 0.717) is 0 Å². The van der Waals surface area contributed by atoms with Crippen LogP contribution in [0.15, 0.2) is 18.2 Å². The minimum atomic E-state index is -2.82. The van der Waals surface area contributed by atoms with Gasteiger partial charge in [-0.1, -0.05) is 6.07 Å². The van der Waals surface area contributed by atoms with Crippen molar-refractivity contribution in [2.75, 3.05) is 0 Å². The van der Waals surface area contributed by atoms with Gasteiger partial charge in [0, 0.05) is 12.0 Å². The van der Waals surface area contributed by atoms with E-state index in [0.717, 1.165) is 49.7 Å². The molecule has 1 aromatic rings. The molecule has 1 fully saturated rings. The van der Waals surface area contributed by atoms with Crippen molar-refractivity contribution in [1.29, 1.82) is 0 Å². The van der Waals surface area contributed by atoms with E-state index in [4.69, 9.17) is 5.73 Å². The lowest BCUT2D eigenvalue weighted by Crippen LogP contribution is -2.35. The topological polar surface area (TPSA) is 64.4 Å². The predicted molar refractivity (Wildman–Crippen MR) is 89.5 cm³/mol. The summed E-state index contributed by atoms with van der Waals surface area (Å²) >= 11 is 0. The van der Waals surface area contributed by atoms with Crippen LogP contribution in [0.3, 0.4) is 0 Å². The van der Waals surface area contributed by atoms with Crippen LogP contribution in [0.1, 0.15) is 49.3 Å². The molecular weight excluding hydrogens is 338 g/mol. The van der Waals surface area contributed by atoms with Gasteiger partial charge < -0.3 is 15.8 Å². The van der Waals surface area contributed by atoms with E-state index < -0.39 is 6.61 Å². The number of carbonyl (C=O) groups is 1. The first-order valence-electron chi connectivity index (χ1n) is 8.16. The van der Waals surface area contributed by atoms with Crippen molar-refractivity contribution in [3.8, 4) is 5.75 Å². The van der Waals surface area contributed by atoms with Crippen molar-refractivity contribution in [1.82, 2.24) is 5.32 Å². The Bertz CT molecular complexity index is 586. The van der Waals surface area contributed by atoms with Crippen molar-refractivity contribution in [2.45, 2.75) is 57.2 Å². The number of benzene rings is 1. The number of nitrogens with two attached hydrogens (primary N) is 1. The summed E-state index contributed by atoms with van der Waals surface area (Å²) in [6.45, 7) is -2.82. The smallest absolute Gasteiger partial charge is 0.387 e. The van der Waals surface area contributed by atoms with Crippen LogP contribution < -0.4 is 15.8 Å². The van der Waals surface area contributed by atoms with E-state index in [1.165, 1.54) is 0 Å². The predicted octanol–water partition coefficient (Wildman–Crippen LogP) is 3.33. The van der Waals surface area contributed by atoms with E-state index in [9.17, 15) is 13.6 Å². The molecule has 0 spiro atoms. The standard InChI is InChI=1S/C17H22F2N2O2.ClH/c18-17(19)23-13-6-7-14-10(9-13)2-1-3-15(14)21-16(22)11-4-5-12(20)8-11;/h6-7,9,11-12,15,17H,1-5,8,20H2,(H,21,22);1H. The van der Waals surface area contributed by atoms with E-state index in [2.05, 4.69) is 10.1 Å². The van der Waals surface area contributed by atoms with Crippen molar-refractivity contribution in [3.05, 3.63) is 29.3 Å². The Kier molecular flexibility index (Phi) is 6.40. The number of alkyl halides is 2. The Hall–Kier alpha value is -1.40. The maximum atomic E-state index is 12.4. The third-order valence-electron chi connectivity index (χ3n) is 4.81. The molecule has 1 amide bonds. The zero-order valence-corrected chi connectivity index (χ0v) is 14.2. The number of nitrogens with one attached hydrogen (secondary N) is 1. The summed E-state index contributed by atoms with van der Waals surface area (Å²) in [5.41, 5.74) is 7.86. The molecule has 7 heteroatoms. The highest BCUT2D eigenvalue weighted by Crippen LogP contribution is 2.33. The van der Waals surface area contributed by atoms with Crippen LogP contribution in [0.25, 0.3) is 0 Å². The second-order valence-electron chi connectivity index (χ2n) is 6.46. The normalized spacial score (nSPS) is 25.8. The molecule has 3 atom stereocenters. The average Bonchev–Trinajstić information content (AvgIpc) is 2.93. The van der Waals surface area contributed by atoms with Gasteiger partial charge in [-0.3, -0.25) is 4.79 Å². The molecule has 24 heavy (non-hydrogen) atoms. The number of rotatable bonds is 4. The quantitative estimate of drug-likeness (QED) is 0.865. The second kappa shape index (κ2) is 8.12. The molecule has 0 heterocycles. The number of amides is 1. The summed E-state index contributed by atoms with van der Waals surface area (Å²) in [6, 6.07) is 5.06. The maximum Gasteiger partial charge on any atom is 0.387 e. The zero-order chi connectivity index (χ0) is 16.4. The second-order valence-corrected chi connectivity index (χ2v) is 6.46. The summed E-state index contributed by atoms with van der Waals surface area (Å²) in [5, 5.41) is 3.11. The first kappa shape index (κ1) is 18.9. The van der Waals surface area contributed by atoms with Crippen molar-refractivity contribution < 1.29 is 18.3 Å². The number of halogens is 3.